The van der Waals surface area contributed by atoms with E-state index in [1.807, 2.05) is 0 Å². The number of furan rings is 1. The summed E-state index contributed by atoms with van der Waals surface area (Å²) in [4.78, 5) is 24.7. The molecule has 11 heteroatoms. The molecule has 11 nitrogen and oxygen atoms in total. The van der Waals surface area contributed by atoms with Crippen LogP contribution >= 0.6 is 0 Å². The largest absolute Gasteiger partial charge is 0.496 e. The molecule has 28 heavy (non-hydrogen) atoms. The van der Waals surface area contributed by atoms with Gasteiger partial charge in [-0.1, -0.05) is 0 Å². The minimum atomic E-state index is -0.579. The highest BCUT2D eigenvalue weighted by molar-refractivity contribution is 5.79. The highest BCUT2D eigenvalue weighted by atomic mass is 16.6. The Morgan fingerprint density at radius 1 is 1.18 bits per heavy atom. The molecule has 142 valence electrons. The van der Waals surface area contributed by atoms with Crippen LogP contribution in [-0.4, -0.2) is 28.2 Å². The zero-order valence-corrected chi connectivity index (χ0v) is 14.4. The number of nitrogens with one attached hydrogen (secondary N) is 1. The van der Waals surface area contributed by atoms with Crippen molar-refractivity contribution in [3.63, 3.8) is 0 Å². The number of pyridine rings is 1. The zero-order chi connectivity index (χ0) is 20.1. The van der Waals surface area contributed by atoms with Crippen molar-refractivity contribution in [3.8, 4) is 17.1 Å². The van der Waals surface area contributed by atoms with Gasteiger partial charge in [0.15, 0.2) is 0 Å². The molecule has 0 atom stereocenters. The molecule has 2 heterocycles. The number of nitro groups is 2. The van der Waals surface area contributed by atoms with Gasteiger partial charge < -0.3 is 9.15 Å². The second kappa shape index (κ2) is 7.95. The van der Waals surface area contributed by atoms with Gasteiger partial charge in [-0.3, -0.25) is 25.7 Å². The number of aromatic nitrogens is 1. The summed E-state index contributed by atoms with van der Waals surface area (Å²) in [5, 5.41) is 25.8. The van der Waals surface area contributed by atoms with Crippen LogP contribution in [0.25, 0.3) is 11.3 Å². The van der Waals surface area contributed by atoms with Crippen molar-refractivity contribution in [2.45, 2.75) is 0 Å². The van der Waals surface area contributed by atoms with Crippen molar-refractivity contribution in [1.82, 2.24) is 4.98 Å². The molecule has 0 fully saturated rings. The number of hydrogen-bond donors (Lipinski definition) is 1. The van der Waals surface area contributed by atoms with Crippen molar-refractivity contribution < 1.29 is 19.0 Å². The maximum absolute atomic E-state index is 11.0. The predicted molar refractivity (Wildman–Crippen MR) is 99.5 cm³/mol. The first-order valence-corrected chi connectivity index (χ1v) is 7.80. The SMILES string of the molecule is COc1ccc([N+](=O)[O-])cc1-c1ccc(/C=N\Nc2ncccc2[N+](=O)[O-])o1. The molecule has 0 unspecified atom stereocenters. The van der Waals surface area contributed by atoms with Crippen molar-refractivity contribution in [3.05, 3.63) is 74.7 Å². The van der Waals surface area contributed by atoms with Crippen LogP contribution < -0.4 is 10.2 Å². The quantitative estimate of drug-likeness (QED) is 0.370. The number of ether oxygens (including phenoxy) is 1. The topological polar surface area (TPSA) is 146 Å². The summed E-state index contributed by atoms with van der Waals surface area (Å²) in [5.74, 6) is 1.04. The monoisotopic (exact) mass is 383 g/mol. The van der Waals surface area contributed by atoms with Gasteiger partial charge in [0, 0.05) is 24.4 Å². The lowest BCUT2D eigenvalue weighted by Crippen LogP contribution is -1.98. The van der Waals surface area contributed by atoms with E-state index in [1.54, 1.807) is 12.1 Å². The number of anilines is 1. The van der Waals surface area contributed by atoms with E-state index in [2.05, 4.69) is 15.5 Å². The molecule has 0 aliphatic carbocycles. The Labute approximate surface area is 157 Å². The van der Waals surface area contributed by atoms with E-state index in [4.69, 9.17) is 9.15 Å². The number of rotatable bonds is 7. The predicted octanol–water partition coefficient (Wildman–Crippen LogP) is 3.61. The summed E-state index contributed by atoms with van der Waals surface area (Å²) in [7, 11) is 1.44. The second-order valence-electron chi connectivity index (χ2n) is 5.34. The molecule has 2 aromatic heterocycles. The number of non-ortho nitro benzene ring substituents is 1. The molecule has 0 radical (unpaired) electrons. The molecule has 0 aliphatic rings. The minimum absolute atomic E-state index is 0.0177. The first kappa shape index (κ1) is 18.5. The highest BCUT2D eigenvalue weighted by Gasteiger charge is 2.16. The third-order valence-electron chi connectivity index (χ3n) is 3.63. The number of nitrogens with zero attached hydrogens (tertiary/aromatic N) is 4. The molecule has 1 aromatic carbocycles. The van der Waals surface area contributed by atoms with E-state index in [0.29, 0.717) is 22.8 Å². The standard InChI is InChI=1S/C17H13N5O6/c1-27-15-6-4-11(21(23)24)9-13(15)16-7-5-12(28-16)10-19-20-17-14(22(25)26)3-2-8-18-17/h2-10H,1H3,(H,18,20)/b19-10-. The molecule has 0 spiro atoms. The summed E-state index contributed by atoms with van der Waals surface area (Å²) in [6, 6.07) is 10.1. The van der Waals surface area contributed by atoms with Crippen LogP contribution in [0.1, 0.15) is 5.76 Å². The van der Waals surface area contributed by atoms with Gasteiger partial charge in [0.1, 0.15) is 17.3 Å². The first-order chi connectivity index (χ1) is 13.5. The van der Waals surface area contributed by atoms with Crippen LogP contribution in [0.5, 0.6) is 5.75 Å². The number of benzene rings is 1. The number of nitro benzene ring substituents is 1. The third-order valence-corrected chi connectivity index (χ3v) is 3.63. The van der Waals surface area contributed by atoms with E-state index in [9.17, 15) is 20.2 Å². The Kier molecular flexibility index (Phi) is 5.25. The Morgan fingerprint density at radius 2 is 2.00 bits per heavy atom. The first-order valence-electron chi connectivity index (χ1n) is 7.80. The molecule has 0 saturated heterocycles. The Balaban J connectivity index is 1.82. The highest BCUT2D eigenvalue weighted by Crippen LogP contribution is 2.34. The lowest BCUT2D eigenvalue weighted by atomic mass is 10.1. The summed E-state index contributed by atoms with van der Waals surface area (Å²) < 4.78 is 10.8. The van der Waals surface area contributed by atoms with E-state index < -0.39 is 9.85 Å². The van der Waals surface area contributed by atoms with Gasteiger partial charge in [-0.05, 0) is 24.3 Å². The second-order valence-corrected chi connectivity index (χ2v) is 5.34. The van der Waals surface area contributed by atoms with Crippen LogP contribution in [-0.2, 0) is 0 Å². The van der Waals surface area contributed by atoms with Crippen LogP contribution in [0, 0.1) is 20.2 Å². The van der Waals surface area contributed by atoms with Gasteiger partial charge in [0.25, 0.3) is 5.69 Å². The molecule has 3 rings (SSSR count). The molecule has 0 saturated carbocycles. The van der Waals surface area contributed by atoms with Crippen molar-refractivity contribution >= 4 is 23.4 Å². The lowest BCUT2D eigenvalue weighted by molar-refractivity contribution is -0.384. The molecule has 1 N–H and O–H groups in total. The lowest BCUT2D eigenvalue weighted by Gasteiger charge is -2.05. The zero-order valence-electron chi connectivity index (χ0n) is 14.4. The third kappa shape index (κ3) is 3.93. The number of hydrogen-bond acceptors (Lipinski definition) is 9. The molecule has 0 amide bonds. The fourth-order valence-corrected chi connectivity index (χ4v) is 2.36. The van der Waals surface area contributed by atoms with Gasteiger partial charge in [0.2, 0.25) is 5.82 Å². The van der Waals surface area contributed by atoms with Crippen LogP contribution in [0.4, 0.5) is 17.2 Å². The summed E-state index contributed by atoms with van der Waals surface area (Å²) in [5.41, 5.74) is 2.56. The molecular weight excluding hydrogens is 370 g/mol. The molecule has 0 aliphatic heterocycles. The average molecular weight is 383 g/mol. The van der Waals surface area contributed by atoms with E-state index >= 15 is 0 Å². The van der Waals surface area contributed by atoms with Crippen LogP contribution in [0.3, 0.4) is 0 Å². The van der Waals surface area contributed by atoms with Gasteiger partial charge >= 0.3 is 5.69 Å². The van der Waals surface area contributed by atoms with Gasteiger partial charge in [0.05, 0.1) is 28.7 Å². The van der Waals surface area contributed by atoms with E-state index in [1.165, 1.54) is 49.9 Å². The van der Waals surface area contributed by atoms with Crippen LogP contribution in [0.2, 0.25) is 0 Å². The summed E-state index contributed by atoms with van der Waals surface area (Å²) in [6.07, 6.45) is 2.69. The molecule has 0 bridgehead atoms. The smallest absolute Gasteiger partial charge is 0.313 e. The average Bonchev–Trinajstić information content (AvgIpc) is 3.16. The Bertz CT molecular complexity index is 1060. The number of methoxy groups -OCH3 is 1. The van der Waals surface area contributed by atoms with Crippen molar-refractivity contribution in [2.24, 2.45) is 5.10 Å². The van der Waals surface area contributed by atoms with Crippen molar-refractivity contribution in [2.75, 3.05) is 12.5 Å². The summed E-state index contributed by atoms with van der Waals surface area (Å²) in [6.45, 7) is 0. The van der Waals surface area contributed by atoms with Gasteiger partial charge in [-0.2, -0.15) is 5.10 Å². The Morgan fingerprint density at radius 3 is 2.71 bits per heavy atom. The normalized spacial score (nSPS) is 10.8. The minimum Gasteiger partial charge on any atom is -0.496 e. The fraction of sp³-hybridized carbons (Fsp3) is 0.0588. The maximum atomic E-state index is 11.0. The molecule has 3 aromatic rings. The Hall–Kier alpha value is -4.28. The van der Waals surface area contributed by atoms with Gasteiger partial charge in [-0.15, -0.1) is 0 Å². The fourth-order valence-electron chi connectivity index (χ4n) is 2.36. The van der Waals surface area contributed by atoms with Gasteiger partial charge in [-0.25, -0.2) is 4.98 Å². The van der Waals surface area contributed by atoms with E-state index in [0.717, 1.165) is 0 Å². The number of hydrazone groups is 1. The van der Waals surface area contributed by atoms with Crippen molar-refractivity contribution in [1.29, 1.82) is 0 Å². The summed E-state index contributed by atoms with van der Waals surface area (Å²) >= 11 is 0. The van der Waals surface area contributed by atoms with Crippen LogP contribution in [0.15, 0.2) is 58.2 Å². The molecular formula is C17H13N5O6. The maximum Gasteiger partial charge on any atom is 0.313 e. The van der Waals surface area contributed by atoms with E-state index in [-0.39, 0.29) is 17.2 Å².